The maximum absolute atomic E-state index is 12.5. The molecule has 0 saturated carbocycles. The Labute approximate surface area is 190 Å². The van der Waals surface area contributed by atoms with Gasteiger partial charge in [0.05, 0.1) is 24.3 Å². The van der Waals surface area contributed by atoms with Crippen molar-refractivity contribution in [3.8, 4) is 6.07 Å². The van der Waals surface area contributed by atoms with Crippen LogP contribution in [0.2, 0.25) is 0 Å². The average molecular weight is 434 g/mol. The zero-order valence-corrected chi connectivity index (χ0v) is 19.4. The number of piperazine rings is 1. The van der Waals surface area contributed by atoms with Gasteiger partial charge in [0.1, 0.15) is 11.9 Å². The molecule has 1 saturated heterocycles. The summed E-state index contributed by atoms with van der Waals surface area (Å²) in [6.45, 7) is 12.0. The molecule has 7 heteroatoms. The largest absolute Gasteiger partial charge is 0.370 e. The van der Waals surface area contributed by atoms with E-state index < -0.39 is 0 Å². The highest BCUT2D eigenvalue weighted by Crippen LogP contribution is 2.35. The third-order valence-corrected chi connectivity index (χ3v) is 6.26. The highest BCUT2D eigenvalue weighted by molar-refractivity contribution is 5.92. The number of pyridine rings is 1. The van der Waals surface area contributed by atoms with E-state index in [2.05, 4.69) is 35.0 Å². The van der Waals surface area contributed by atoms with E-state index in [1.165, 1.54) is 0 Å². The number of hydrogen-bond donors (Lipinski definition) is 1. The molecule has 0 bridgehead atoms. The van der Waals surface area contributed by atoms with Gasteiger partial charge in [-0.25, -0.2) is 4.98 Å². The van der Waals surface area contributed by atoms with Crippen LogP contribution in [-0.2, 0) is 22.6 Å². The normalized spacial score (nSPS) is 18.0. The molecule has 0 aliphatic carbocycles. The zero-order valence-electron chi connectivity index (χ0n) is 19.4. The second-order valence-electron chi connectivity index (χ2n) is 9.37. The van der Waals surface area contributed by atoms with Gasteiger partial charge in [-0.05, 0) is 51.0 Å². The third-order valence-electron chi connectivity index (χ3n) is 6.26. The molecule has 1 amide bonds. The van der Waals surface area contributed by atoms with Gasteiger partial charge in [-0.3, -0.25) is 9.69 Å². The van der Waals surface area contributed by atoms with Crippen molar-refractivity contribution < 1.29 is 9.53 Å². The zero-order chi connectivity index (χ0) is 22.9. The van der Waals surface area contributed by atoms with E-state index in [0.717, 1.165) is 60.1 Å². The number of ether oxygens (including phenoxy) is 1. The van der Waals surface area contributed by atoms with Crippen LogP contribution in [0.4, 0.5) is 11.5 Å². The van der Waals surface area contributed by atoms with Crippen molar-refractivity contribution in [3.05, 3.63) is 52.2 Å². The maximum atomic E-state index is 12.5. The molecule has 0 unspecified atom stereocenters. The Hall–Kier alpha value is -2.95. The number of benzene rings is 1. The number of nitrogens with zero attached hydrogens (tertiary/aromatic N) is 4. The Morgan fingerprint density at radius 2 is 1.97 bits per heavy atom. The molecule has 2 aliphatic heterocycles. The van der Waals surface area contributed by atoms with E-state index in [4.69, 9.17) is 9.72 Å². The molecule has 2 aliphatic rings. The van der Waals surface area contributed by atoms with Crippen LogP contribution in [0.15, 0.2) is 24.3 Å². The van der Waals surface area contributed by atoms with Gasteiger partial charge in [0, 0.05) is 49.5 Å². The van der Waals surface area contributed by atoms with Crippen molar-refractivity contribution >= 4 is 17.4 Å². The monoisotopic (exact) mass is 433 g/mol. The number of hydrogen-bond acceptors (Lipinski definition) is 6. The van der Waals surface area contributed by atoms with Crippen molar-refractivity contribution in [2.24, 2.45) is 0 Å². The molecule has 7 nitrogen and oxygen atoms in total. The lowest BCUT2D eigenvalue weighted by atomic mass is 9.88. The molecule has 0 radical (unpaired) electrons. The van der Waals surface area contributed by atoms with Crippen LogP contribution in [0, 0.1) is 25.2 Å². The first-order valence-electron chi connectivity index (χ1n) is 11.2. The first-order valence-corrected chi connectivity index (χ1v) is 11.2. The number of carbonyl (C=O) groups excluding carboxylic acids is 1. The lowest BCUT2D eigenvalue weighted by molar-refractivity contribution is -0.117. The summed E-state index contributed by atoms with van der Waals surface area (Å²) in [5.74, 6) is 0.761. The number of fused-ring (bicyclic) bond motifs is 1. The lowest BCUT2D eigenvalue weighted by Crippen LogP contribution is -2.49. The SMILES string of the molecule is Cc1cccc(NC(=O)CN2CCN(c3nc(C)c4c(c3C#N)CC(C)(C)OC4)CC2)c1. The van der Waals surface area contributed by atoms with Crippen molar-refractivity contribution in [2.45, 2.75) is 46.3 Å². The van der Waals surface area contributed by atoms with Crippen LogP contribution >= 0.6 is 0 Å². The molecule has 168 valence electrons. The number of aryl methyl sites for hydroxylation is 2. The Balaban J connectivity index is 1.43. The number of amides is 1. The summed E-state index contributed by atoms with van der Waals surface area (Å²) < 4.78 is 5.95. The van der Waals surface area contributed by atoms with E-state index >= 15 is 0 Å². The fourth-order valence-corrected chi connectivity index (χ4v) is 4.51. The van der Waals surface area contributed by atoms with Crippen LogP contribution in [-0.4, -0.2) is 54.1 Å². The predicted octanol–water partition coefficient (Wildman–Crippen LogP) is 3.18. The van der Waals surface area contributed by atoms with Crippen LogP contribution < -0.4 is 10.2 Å². The smallest absolute Gasteiger partial charge is 0.238 e. The van der Waals surface area contributed by atoms with Gasteiger partial charge in [-0.2, -0.15) is 5.26 Å². The summed E-state index contributed by atoms with van der Waals surface area (Å²) in [7, 11) is 0. The maximum Gasteiger partial charge on any atom is 0.238 e. The summed E-state index contributed by atoms with van der Waals surface area (Å²) in [5, 5.41) is 13.0. The molecule has 32 heavy (non-hydrogen) atoms. The summed E-state index contributed by atoms with van der Waals surface area (Å²) >= 11 is 0. The summed E-state index contributed by atoms with van der Waals surface area (Å²) in [5.41, 5.74) is 5.40. The molecule has 2 aromatic rings. The summed E-state index contributed by atoms with van der Waals surface area (Å²) in [6.07, 6.45) is 0.709. The summed E-state index contributed by atoms with van der Waals surface area (Å²) in [4.78, 5) is 21.6. The molecule has 1 N–H and O–H groups in total. The molecule has 4 rings (SSSR count). The molecular formula is C25H31N5O2. The molecule has 1 fully saturated rings. The molecule has 0 spiro atoms. The highest BCUT2D eigenvalue weighted by atomic mass is 16.5. The van der Waals surface area contributed by atoms with E-state index in [1.807, 2.05) is 38.1 Å². The van der Waals surface area contributed by atoms with Gasteiger partial charge < -0.3 is 15.0 Å². The molecule has 3 heterocycles. The van der Waals surface area contributed by atoms with E-state index in [0.29, 0.717) is 25.1 Å². The van der Waals surface area contributed by atoms with Crippen molar-refractivity contribution in [2.75, 3.05) is 42.9 Å². The fraction of sp³-hybridized carbons (Fsp3) is 0.480. The van der Waals surface area contributed by atoms with Crippen molar-refractivity contribution in [1.29, 1.82) is 5.26 Å². The minimum absolute atomic E-state index is 0.00764. The number of carbonyl (C=O) groups is 1. The van der Waals surface area contributed by atoms with Gasteiger partial charge in [0.25, 0.3) is 0 Å². The number of nitrogens with one attached hydrogen (secondary N) is 1. The van der Waals surface area contributed by atoms with Gasteiger partial charge in [-0.1, -0.05) is 12.1 Å². The topological polar surface area (TPSA) is 81.5 Å². The van der Waals surface area contributed by atoms with Crippen molar-refractivity contribution in [3.63, 3.8) is 0 Å². The minimum atomic E-state index is -0.285. The summed E-state index contributed by atoms with van der Waals surface area (Å²) in [6, 6.07) is 10.2. The minimum Gasteiger partial charge on any atom is -0.370 e. The number of anilines is 2. The third kappa shape index (κ3) is 4.77. The molecular weight excluding hydrogens is 402 g/mol. The van der Waals surface area contributed by atoms with Gasteiger partial charge in [0.2, 0.25) is 5.91 Å². The van der Waals surface area contributed by atoms with Gasteiger partial charge >= 0.3 is 0 Å². The fourth-order valence-electron chi connectivity index (χ4n) is 4.51. The first-order chi connectivity index (χ1) is 15.3. The van der Waals surface area contributed by atoms with Gasteiger partial charge in [0.15, 0.2) is 0 Å². The Morgan fingerprint density at radius 3 is 2.66 bits per heavy atom. The Bertz CT molecular complexity index is 1060. The second-order valence-corrected chi connectivity index (χ2v) is 9.37. The van der Waals surface area contributed by atoms with E-state index in [9.17, 15) is 10.1 Å². The number of rotatable bonds is 4. The number of aromatic nitrogens is 1. The van der Waals surface area contributed by atoms with E-state index in [-0.39, 0.29) is 11.5 Å². The van der Waals surface area contributed by atoms with Gasteiger partial charge in [-0.15, -0.1) is 0 Å². The quantitative estimate of drug-likeness (QED) is 0.798. The van der Waals surface area contributed by atoms with E-state index in [1.54, 1.807) is 0 Å². The first kappa shape index (κ1) is 22.3. The Morgan fingerprint density at radius 1 is 1.22 bits per heavy atom. The number of nitriles is 1. The van der Waals surface area contributed by atoms with Crippen LogP contribution in [0.25, 0.3) is 0 Å². The lowest BCUT2D eigenvalue weighted by Gasteiger charge is -2.37. The second kappa shape index (κ2) is 8.89. The molecule has 1 aromatic carbocycles. The van der Waals surface area contributed by atoms with Crippen LogP contribution in [0.1, 0.15) is 41.8 Å². The van der Waals surface area contributed by atoms with Crippen LogP contribution in [0.5, 0.6) is 0 Å². The average Bonchev–Trinajstić information content (AvgIpc) is 2.73. The molecule has 0 atom stereocenters. The highest BCUT2D eigenvalue weighted by Gasteiger charge is 2.32. The van der Waals surface area contributed by atoms with Crippen LogP contribution in [0.3, 0.4) is 0 Å². The standard InChI is InChI=1S/C25H31N5O2/c1-17-6-5-7-19(12-17)28-23(31)15-29-8-10-30(11-9-29)24-21(14-26)20-13-25(3,4)32-16-22(20)18(2)27-24/h5-7,12H,8-11,13,15-16H2,1-4H3,(H,28,31). The van der Waals surface area contributed by atoms with Crippen molar-refractivity contribution in [1.82, 2.24) is 9.88 Å². The predicted molar refractivity (Wildman–Crippen MR) is 125 cm³/mol. The Kier molecular flexibility index (Phi) is 6.18. The molecule has 1 aromatic heterocycles.